The Kier molecular flexibility index (Phi) is 9.48. The molecule has 1 saturated heterocycles. The molecule has 0 radical (unpaired) electrons. The molecule has 7 nitrogen and oxygen atoms in total. The molecular formula is C20H33N5O2. The summed E-state index contributed by atoms with van der Waals surface area (Å²) in [6, 6.07) is 7.59. The number of hydrogen-bond acceptors (Lipinski definition) is 4. The Morgan fingerprint density at radius 3 is 2.70 bits per heavy atom. The molecule has 150 valence electrons. The maximum Gasteiger partial charge on any atom is 0.255 e. The predicted molar refractivity (Wildman–Crippen MR) is 109 cm³/mol. The number of primary amides is 1. The first-order valence-corrected chi connectivity index (χ1v) is 9.84. The van der Waals surface area contributed by atoms with E-state index >= 15 is 0 Å². The summed E-state index contributed by atoms with van der Waals surface area (Å²) in [6.45, 7) is 5.03. The van der Waals surface area contributed by atoms with E-state index in [1.165, 1.54) is 38.8 Å². The van der Waals surface area contributed by atoms with Gasteiger partial charge in [0.25, 0.3) is 5.91 Å². The quantitative estimate of drug-likeness (QED) is 0.345. The third-order valence-corrected chi connectivity index (χ3v) is 4.61. The Balaban J connectivity index is 1.67. The first-order valence-electron chi connectivity index (χ1n) is 9.84. The van der Waals surface area contributed by atoms with Gasteiger partial charge in [-0.2, -0.15) is 0 Å². The van der Waals surface area contributed by atoms with Crippen LogP contribution >= 0.6 is 0 Å². The van der Waals surface area contributed by atoms with Gasteiger partial charge in [0, 0.05) is 20.1 Å². The molecule has 1 aromatic rings. The predicted octanol–water partition coefficient (Wildman–Crippen LogP) is 1.48. The van der Waals surface area contributed by atoms with Crippen molar-refractivity contribution in [3.8, 4) is 5.75 Å². The van der Waals surface area contributed by atoms with E-state index in [1.54, 1.807) is 7.05 Å². The lowest BCUT2D eigenvalue weighted by Gasteiger charge is -2.20. The summed E-state index contributed by atoms with van der Waals surface area (Å²) in [5.74, 6) is 0.936. The standard InChI is InChI=1S/C20H33N5O2/c1-22-20(23-10-7-13-25-11-4-2-3-5-12-25)24-15-17-8-6-9-18(14-17)27-16-19(21)26/h6,8-9,14H,2-5,7,10-13,15-16H2,1H3,(H2,21,26)(H2,22,23,24). The Labute approximate surface area is 162 Å². The molecule has 1 fully saturated rings. The fourth-order valence-electron chi connectivity index (χ4n) is 3.18. The fourth-order valence-corrected chi connectivity index (χ4v) is 3.18. The summed E-state index contributed by atoms with van der Waals surface area (Å²) < 4.78 is 5.33. The Bertz CT molecular complexity index is 598. The van der Waals surface area contributed by atoms with Gasteiger partial charge in [-0.25, -0.2) is 0 Å². The van der Waals surface area contributed by atoms with Crippen LogP contribution in [0.25, 0.3) is 0 Å². The highest BCUT2D eigenvalue weighted by atomic mass is 16.5. The van der Waals surface area contributed by atoms with Crippen LogP contribution in [0.3, 0.4) is 0 Å². The highest BCUT2D eigenvalue weighted by molar-refractivity contribution is 5.79. The number of hydrogen-bond donors (Lipinski definition) is 3. The van der Waals surface area contributed by atoms with Gasteiger partial charge in [0.2, 0.25) is 0 Å². The third-order valence-electron chi connectivity index (χ3n) is 4.61. The molecule has 1 aromatic carbocycles. The van der Waals surface area contributed by atoms with Crippen molar-refractivity contribution in [2.75, 3.05) is 39.8 Å². The molecule has 0 saturated carbocycles. The number of carbonyl (C=O) groups excluding carboxylic acids is 1. The van der Waals surface area contributed by atoms with Crippen molar-refractivity contribution in [2.45, 2.75) is 38.6 Å². The van der Waals surface area contributed by atoms with Crippen molar-refractivity contribution in [3.05, 3.63) is 29.8 Å². The second-order valence-corrected chi connectivity index (χ2v) is 6.86. The molecule has 1 aliphatic heterocycles. The van der Waals surface area contributed by atoms with Crippen molar-refractivity contribution in [3.63, 3.8) is 0 Å². The van der Waals surface area contributed by atoms with Crippen LogP contribution in [-0.2, 0) is 11.3 Å². The number of amides is 1. The summed E-state index contributed by atoms with van der Waals surface area (Å²) in [5.41, 5.74) is 6.15. The third kappa shape index (κ3) is 8.77. The van der Waals surface area contributed by atoms with E-state index in [0.29, 0.717) is 12.3 Å². The zero-order chi connectivity index (χ0) is 19.3. The molecule has 27 heavy (non-hydrogen) atoms. The maximum absolute atomic E-state index is 10.8. The van der Waals surface area contributed by atoms with Gasteiger partial charge in [-0.3, -0.25) is 9.79 Å². The van der Waals surface area contributed by atoms with Gasteiger partial charge in [-0.15, -0.1) is 0 Å². The highest BCUT2D eigenvalue weighted by Gasteiger charge is 2.08. The fraction of sp³-hybridized carbons (Fsp3) is 0.600. The van der Waals surface area contributed by atoms with Crippen molar-refractivity contribution in [1.29, 1.82) is 0 Å². The van der Waals surface area contributed by atoms with E-state index in [0.717, 1.165) is 31.0 Å². The summed E-state index contributed by atoms with van der Waals surface area (Å²) >= 11 is 0. The van der Waals surface area contributed by atoms with Crippen LogP contribution in [-0.4, -0.2) is 56.6 Å². The molecule has 1 aliphatic rings. The first kappa shape index (κ1) is 21.0. The van der Waals surface area contributed by atoms with Crippen molar-refractivity contribution in [2.24, 2.45) is 10.7 Å². The second kappa shape index (κ2) is 12.2. The van der Waals surface area contributed by atoms with Crippen LogP contribution in [0.4, 0.5) is 0 Å². The van der Waals surface area contributed by atoms with Gasteiger partial charge in [0.1, 0.15) is 5.75 Å². The topological polar surface area (TPSA) is 92.0 Å². The molecule has 1 heterocycles. The van der Waals surface area contributed by atoms with E-state index in [4.69, 9.17) is 10.5 Å². The zero-order valence-electron chi connectivity index (χ0n) is 16.4. The van der Waals surface area contributed by atoms with Gasteiger partial charge >= 0.3 is 0 Å². The summed E-state index contributed by atoms with van der Waals surface area (Å²) in [7, 11) is 1.77. The SMILES string of the molecule is CN=C(NCCCN1CCCCCC1)NCc1cccc(OCC(N)=O)c1. The van der Waals surface area contributed by atoms with Crippen molar-refractivity contribution in [1.82, 2.24) is 15.5 Å². The average Bonchev–Trinajstić information content (AvgIpc) is 2.95. The molecule has 0 bridgehead atoms. The second-order valence-electron chi connectivity index (χ2n) is 6.86. The minimum atomic E-state index is -0.483. The Hall–Kier alpha value is -2.28. The van der Waals surface area contributed by atoms with Crippen LogP contribution in [0.5, 0.6) is 5.75 Å². The molecule has 0 atom stereocenters. The van der Waals surface area contributed by atoms with Crippen molar-refractivity contribution >= 4 is 11.9 Å². The number of benzene rings is 1. The molecular weight excluding hydrogens is 342 g/mol. The number of aliphatic imine (C=N–C) groups is 1. The van der Waals surface area contributed by atoms with Gasteiger partial charge in [-0.05, 0) is 56.6 Å². The van der Waals surface area contributed by atoms with E-state index in [1.807, 2.05) is 24.3 Å². The normalized spacial score (nSPS) is 15.8. The lowest BCUT2D eigenvalue weighted by Crippen LogP contribution is -2.38. The monoisotopic (exact) mass is 375 g/mol. The van der Waals surface area contributed by atoms with E-state index in [2.05, 4.69) is 20.5 Å². The summed E-state index contributed by atoms with van der Waals surface area (Å²) in [4.78, 5) is 17.7. The van der Waals surface area contributed by atoms with Crippen LogP contribution in [0, 0.1) is 0 Å². The van der Waals surface area contributed by atoms with Gasteiger partial charge in [0.15, 0.2) is 12.6 Å². The molecule has 4 N–H and O–H groups in total. The van der Waals surface area contributed by atoms with Gasteiger partial charge in [0.05, 0.1) is 0 Å². The number of guanidine groups is 1. The van der Waals surface area contributed by atoms with Crippen LogP contribution in [0.15, 0.2) is 29.3 Å². The smallest absolute Gasteiger partial charge is 0.255 e. The van der Waals surface area contributed by atoms with Crippen LogP contribution in [0.1, 0.15) is 37.7 Å². The molecule has 0 spiro atoms. The minimum absolute atomic E-state index is 0.114. The van der Waals surface area contributed by atoms with Gasteiger partial charge in [-0.1, -0.05) is 25.0 Å². The van der Waals surface area contributed by atoms with Crippen LogP contribution < -0.4 is 21.1 Å². The first-order chi connectivity index (χ1) is 13.2. The molecule has 2 rings (SSSR count). The average molecular weight is 376 g/mol. The van der Waals surface area contributed by atoms with E-state index < -0.39 is 5.91 Å². The van der Waals surface area contributed by atoms with E-state index in [9.17, 15) is 4.79 Å². The molecule has 1 amide bonds. The van der Waals surface area contributed by atoms with E-state index in [-0.39, 0.29) is 6.61 Å². The number of ether oxygens (including phenoxy) is 1. The number of likely N-dealkylation sites (tertiary alicyclic amines) is 1. The number of nitrogens with one attached hydrogen (secondary N) is 2. The molecule has 7 heteroatoms. The molecule has 0 unspecified atom stereocenters. The Morgan fingerprint density at radius 2 is 2.00 bits per heavy atom. The van der Waals surface area contributed by atoms with Crippen LogP contribution in [0.2, 0.25) is 0 Å². The largest absolute Gasteiger partial charge is 0.484 e. The zero-order valence-corrected chi connectivity index (χ0v) is 16.4. The number of nitrogens with two attached hydrogens (primary N) is 1. The number of carbonyl (C=O) groups is 1. The molecule has 0 aromatic heterocycles. The summed E-state index contributed by atoms with van der Waals surface area (Å²) in [5, 5.41) is 6.67. The highest BCUT2D eigenvalue weighted by Crippen LogP contribution is 2.13. The number of nitrogens with zero attached hydrogens (tertiary/aromatic N) is 2. The summed E-state index contributed by atoms with van der Waals surface area (Å²) in [6.07, 6.45) is 6.52. The lowest BCUT2D eigenvalue weighted by atomic mass is 10.2. The lowest BCUT2D eigenvalue weighted by molar-refractivity contribution is -0.119. The Morgan fingerprint density at radius 1 is 1.22 bits per heavy atom. The maximum atomic E-state index is 10.8. The minimum Gasteiger partial charge on any atom is -0.484 e. The van der Waals surface area contributed by atoms with Crippen molar-refractivity contribution < 1.29 is 9.53 Å². The number of rotatable bonds is 9. The molecule has 0 aliphatic carbocycles. The van der Waals surface area contributed by atoms with Gasteiger partial charge < -0.3 is 26.0 Å².